The monoisotopic (exact) mass is 239 g/mol. The van der Waals surface area contributed by atoms with Gasteiger partial charge in [-0.05, 0) is 18.2 Å². The third-order valence-corrected chi connectivity index (χ3v) is 2.44. The van der Waals surface area contributed by atoms with E-state index in [9.17, 15) is 0 Å². The molecule has 1 aromatic carbocycles. The highest BCUT2D eigenvalue weighted by Gasteiger charge is 2.03. The molecular weight excluding hydrogens is 226 g/mol. The quantitative estimate of drug-likeness (QED) is 0.891. The van der Waals surface area contributed by atoms with E-state index < -0.39 is 0 Å². The predicted octanol–water partition coefficient (Wildman–Crippen LogP) is 2.84. The van der Waals surface area contributed by atoms with Crippen molar-refractivity contribution in [3.05, 3.63) is 53.7 Å². The van der Waals surface area contributed by atoms with Crippen molar-refractivity contribution in [3.63, 3.8) is 0 Å². The van der Waals surface area contributed by atoms with Crippen molar-refractivity contribution in [2.75, 3.05) is 12.4 Å². The molecule has 90 valence electrons. The maximum atomic E-state index is 8.81. The number of rotatable bonds is 4. The van der Waals surface area contributed by atoms with E-state index in [0.29, 0.717) is 18.1 Å². The molecule has 0 saturated heterocycles. The highest BCUT2D eigenvalue weighted by atomic mass is 16.5. The van der Waals surface area contributed by atoms with E-state index in [1.807, 2.05) is 36.4 Å². The second kappa shape index (κ2) is 5.80. The zero-order valence-electron chi connectivity index (χ0n) is 10.1. The average molecular weight is 239 g/mol. The fraction of sp³-hybridized carbons (Fsp3) is 0.143. The number of nitrogens with one attached hydrogen (secondary N) is 1. The first-order valence-corrected chi connectivity index (χ1v) is 5.54. The summed E-state index contributed by atoms with van der Waals surface area (Å²) in [5.74, 6) is 0.651. The molecule has 18 heavy (non-hydrogen) atoms. The lowest BCUT2D eigenvalue weighted by Crippen LogP contribution is -1.99. The standard InChI is InChI=1S/C14H13N3O/c1-18-10-11-5-2-3-7-13(11)17-14-8-4-6-12(9-15)16-14/h2-8H,10H2,1H3,(H,16,17). The van der Waals surface area contributed by atoms with E-state index >= 15 is 0 Å². The fourth-order valence-electron chi connectivity index (χ4n) is 1.63. The molecule has 0 amide bonds. The molecule has 0 saturated carbocycles. The summed E-state index contributed by atoms with van der Waals surface area (Å²) in [5.41, 5.74) is 2.37. The van der Waals surface area contributed by atoms with Gasteiger partial charge in [0.2, 0.25) is 0 Å². The normalized spacial score (nSPS) is 9.78. The van der Waals surface area contributed by atoms with Gasteiger partial charge in [0.25, 0.3) is 0 Å². The van der Waals surface area contributed by atoms with Crippen molar-refractivity contribution in [1.82, 2.24) is 4.98 Å². The van der Waals surface area contributed by atoms with Crippen LogP contribution in [0.5, 0.6) is 0 Å². The molecule has 0 unspecified atom stereocenters. The zero-order valence-corrected chi connectivity index (χ0v) is 10.1. The van der Waals surface area contributed by atoms with Crippen LogP contribution >= 0.6 is 0 Å². The highest BCUT2D eigenvalue weighted by Crippen LogP contribution is 2.20. The predicted molar refractivity (Wildman–Crippen MR) is 69.4 cm³/mol. The Morgan fingerprint density at radius 2 is 2.06 bits per heavy atom. The van der Waals surface area contributed by atoms with Crippen molar-refractivity contribution < 1.29 is 4.74 Å². The van der Waals surface area contributed by atoms with Gasteiger partial charge < -0.3 is 10.1 Å². The van der Waals surface area contributed by atoms with Gasteiger partial charge in [-0.15, -0.1) is 0 Å². The summed E-state index contributed by atoms with van der Waals surface area (Å²) in [6.45, 7) is 0.529. The van der Waals surface area contributed by atoms with Gasteiger partial charge in [0.05, 0.1) is 6.61 Å². The van der Waals surface area contributed by atoms with Crippen LogP contribution in [0.4, 0.5) is 11.5 Å². The molecule has 0 aliphatic heterocycles. The van der Waals surface area contributed by atoms with Crippen LogP contribution in [0.3, 0.4) is 0 Å². The average Bonchev–Trinajstić information content (AvgIpc) is 2.41. The van der Waals surface area contributed by atoms with E-state index in [1.165, 1.54) is 0 Å². The summed E-state index contributed by atoms with van der Waals surface area (Å²) in [6.07, 6.45) is 0. The molecule has 4 nitrogen and oxygen atoms in total. The summed E-state index contributed by atoms with van der Waals surface area (Å²) in [7, 11) is 1.66. The molecular formula is C14H13N3O. The van der Waals surface area contributed by atoms with Crippen molar-refractivity contribution >= 4 is 11.5 Å². The topological polar surface area (TPSA) is 57.9 Å². The van der Waals surface area contributed by atoms with Crippen molar-refractivity contribution in [1.29, 1.82) is 5.26 Å². The van der Waals surface area contributed by atoms with Gasteiger partial charge in [0.15, 0.2) is 0 Å². The Kier molecular flexibility index (Phi) is 3.90. The number of hydrogen-bond acceptors (Lipinski definition) is 4. The van der Waals surface area contributed by atoms with E-state index in [2.05, 4.69) is 10.3 Å². The molecule has 0 aliphatic carbocycles. The van der Waals surface area contributed by atoms with Crippen molar-refractivity contribution in [2.45, 2.75) is 6.61 Å². The van der Waals surface area contributed by atoms with E-state index in [-0.39, 0.29) is 0 Å². The Bertz CT molecular complexity index is 575. The first kappa shape index (κ1) is 12.1. The molecule has 1 N–H and O–H groups in total. The summed E-state index contributed by atoms with van der Waals surface area (Å²) in [6, 6.07) is 15.1. The Balaban J connectivity index is 2.25. The smallest absolute Gasteiger partial charge is 0.142 e. The minimum atomic E-state index is 0.393. The Morgan fingerprint density at radius 1 is 1.22 bits per heavy atom. The maximum Gasteiger partial charge on any atom is 0.142 e. The number of benzene rings is 1. The third kappa shape index (κ3) is 2.84. The minimum absolute atomic E-state index is 0.393. The second-order valence-electron chi connectivity index (χ2n) is 3.74. The summed E-state index contributed by atoms with van der Waals surface area (Å²) in [4.78, 5) is 4.17. The van der Waals surface area contributed by atoms with Gasteiger partial charge in [-0.1, -0.05) is 24.3 Å². The van der Waals surface area contributed by atoms with E-state index in [1.54, 1.807) is 19.2 Å². The number of aromatic nitrogens is 1. The number of ether oxygens (including phenoxy) is 1. The molecule has 0 radical (unpaired) electrons. The van der Waals surface area contributed by atoms with Crippen LogP contribution in [0.1, 0.15) is 11.3 Å². The molecule has 0 spiro atoms. The summed E-state index contributed by atoms with van der Waals surface area (Å²) >= 11 is 0. The number of pyridine rings is 1. The summed E-state index contributed by atoms with van der Waals surface area (Å²) in [5, 5.41) is 12.0. The Hall–Kier alpha value is -2.38. The van der Waals surface area contributed by atoms with Gasteiger partial charge in [-0.25, -0.2) is 4.98 Å². The van der Waals surface area contributed by atoms with Crippen LogP contribution in [0, 0.1) is 11.3 Å². The molecule has 2 aromatic rings. The van der Waals surface area contributed by atoms with Crippen molar-refractivity contribution in [2.24, 2.45) is 0 Å². The second-order valence-corrected chi connectivity index (χ2v) is 3.74. The van der Waals surface area contributed by atoms with Crippen LogP contribution in [0.2, 0.25) is 0 Å². The molecule has 1 heterocycles. The number of anilines is 2. The molecule has 4 heteroatoms. The fourth-order valence-corrected chi connectivity index (χ4v) is 1.63. The summed E-state index contributed by atoms with van der Waals surface area (Å²) < 4.78 is 5.14. The van der Waals surface area contributed by atoms with Crippen LogP contribution < -0.4 is 5.32 Å². The number of hydrogen-bond donors (Lipinski definition) is 1. The first-order valence-electron chi connectivity index (χ1n) is 5.54. The number of para-hydroxylation sites is 1. The molecule has 0 atom stereocenters. The molecule has 1 aromatic heterocycles. The Labute approximate surface area is 106 Å². The van der Waals surface area contributed by atoms with E-state index in [4.69, 9.17) is 10.00 Å². The van der Waals surface area contributed by atoms with Crippen LogP contribution in [0.15, 0.2) is 42.5 Å². The first-order chi connectivity index (χ1) is 8.83. The molecule has 0 aliphatic rings. The van der Waals surface area contributed by atoms with Gasteiger partial charge in [-0.2, -0.15) is 5.26 Å². The number of nitriles is 1. The van der Waals surface area contributed by atoms with Crippen LogP contribution in [-0.2, 0) is 11.3 Å². The Morgan fingerprint density at radius 3 is 2.83 bits per heavy atom. The minimum Gasteiger partial charge on any atom is -0.380 e. The lowest BCUT2D eigenvalue weighted by atomic mass is 10.2. The zero-order chi connectivity index (χ0) is 12.8. The van der Waals surface area contributed by atoms with Gasteiger partial charge in [0, 0.05) is 18.4 Å². The lowest BCUT2D eigenvalue weighted by molar-refractivity contribution is 0.185. The van der Waals surface area contributed by atoms with Crippen LogP contribution in [0.25, 0.3) is 0 Å². The van der Waals surface area contributed by atoms with E-state index in [0.717, 1.165) is 11.3 Å². The van der Waals surface area contributed by atoms with Gasteiger partial charge >= 0.3 is 0 Å². The molecule has 2 rings (SSSR count). The molecule has 0 bridgehead atoms. The number of methoxy groups -OCH3 is 1. The lowest BCUT2D eigenvalue weighted by Gasteiger charge is -2.10. The SMILES string of the molecule is COCc1ccccc1Nc1cccc(C#N)n1. The van der Waals surface area contributed by atoms with Crippen LogP contribution in [-0.4, -0.2) is 12.1 Å². The third-order valence-electron chi connectivity index (χ3n) is 2.44. The maximum absolute atomic E-state index is 8.81. The van der Waals surface area contributed by atoms with Gasteiger partial charge in [0.1, 0.15) is 17.6 Å². The highest BCUT2D eigenvalue weighted by molar-refractivity contribution is 5.60. The van der Waals surface area contributed by atoms with Crippen molar-refractivity contribution in [3.8, 4) is 6.07 Å². The van der Waals surface area contributed by atoms with Gasteiger partial charge in [-0.3, -0.25) is 0 Å². The number of nitrogens with zero attached hydrogens (tertiary/aromatic N) is 2. The molecule has 0 fully saturated rings. The largest absolute Gasteiger partial charge is 0.380 e.